The number of aryl methyl sites for hydroxylation is 1. The molecule has 0 spiro atoms. The molecule has 2 aliphatic rings. The summed E-state index contributed by atoms with van der Waals surface area (Å²) in [7, 11) is 1.88. The first kappa shape index (κ1) is 20.9. The number of aromatic nitrogens is 1. The van der Waals surface area contributed by atoms with Crippen LogP contribution in [0.3, 0.4) is 0 Å². The monoisotopic (exact) mass is 477 g/mol. The minimum atomic E-state index is 0. The van der Waals surface area contributed by atoms with Crippen LogP contribution in [0.25, 0.3) is 0 Å². The van der Waals surface area contributed by atoms with Gasteiger partial charge in [0.25, 0.3) is 0 Å². The fourth-order valence-corrected chi connectivity index (χ4v) is 4.36. The normalized spacial score (nSPS) is 20.5. The smallest absolute Gasteiger partial charge is 0.191 e. The summed E-state index contributed by atoms with van der Waals surface area (Å²) < 4.78 is 0. The second-order valence-corrected chi connectivity index (χ2v) is 8.22. The first-order chi connectivity index (χ1) is 11.7. The van der Waals surface area contributed by atoms with Gasteiger partial charge in [-0.15, -0.1) is 35.3 Å². The number of rotatable bonds is 5. The number of hydrogen-bond donors (Lipinski definition) is 2. The number of nitrogens with zero attached hydrogens (tertiary/aromatic N) is 3. The number of piperidine rings is 1. The van der Waals surface area contributed by atoms with E-state index in [2.05, 4.69) is 37.8 Å². The molecule has 1 aliphatic heterocycles. The first-order valence-electron chi connectivity index (χ1n) is 9.33. The van der Waals surface area contributed by atoms with Gasteiger partial charge < -0.3 is 10.6 Å². The molecular formula is C18H32IN5S. The van der Waals surface area contributed by atoms with Crippen LogP contribution in [0.4, 0.5) is 0 Å². The lowest BCUT2D eigenvalue weighted by Gasteiger charge is -2.32. The summed E-state index contributed by atoms with van der Waals surface area (Å²) in [6.45, 7) is 6.49. The number of nitrogens with one attached hydrogen (secondary N) is 2. The second-order valence-electron chi connectivity index (χ2n) is 7.16. The maximum atomic E-state index is 4.58. The van der Waals surface area contributed by atoms with Crippen molar-refractivity contribution in [3.63, 3.8) is 0 Å². The van der Waals surface area contributed by atoms with E-state index in [0.717, 1.165) is 25.0 Å². The summed E-state index contributed by atoms with van der Waals surface area (Å²) >= 11 is 1.75. The average Bonchev–Trinajstić information content (AvgIpc) is 3.24. The molecule has 1 aliphatic carbocycles. The van der Waals surface area contributed by atoms with Crippen LogP contribution in [0.2, 0.25) is 0 Å². The molecule has 0 aromatic carbocycles. The maximum absolute atomic E-state index is 4.58. The van der Waals surface area contributed by atoms with Gasteiger partial charge in [0.2, 0.25) is 0 Å². The molecule has 25 heavy (non-hydrogen) atoms. The van der Waals surface area contributed by atoms with Crippen LogP contribution < -0.4 is 10.6 Å². The van der Waals surface area contributed by atoms with Crippen molar-refractivity contribution in [1.29, 1.82) is 0 Å². The Morgan fingerprint density at radius 2 is 2.00 bits per heavy atom. The summed E-state index contributed by atoms with van der Waals surface area (Å²) in [5.41, 5.74) is 1.23. The number of likely N-dealkylation sites (tertiary alicyclic amines) is 1. The van der Waals surface area contributed by atoms with E-state index >= 15 is 0 Å². The van der Waals surface area contributed by atoms with E-state index < -0.39 is 0 Å². The lowest BCUT2D eigenvalue weighted by Crippen LogP contribution is -2.45. The molecule has 3 rings (SSSR count). The quantitative estimate of drug-likeness (QED) is 0.388. The van der Waals surface area contributed by atoms with Gasteiger partial charge in [0.15, 0.2) is 5.96 Å². The lowest BCUT2D eigenvalue weighted by atomic mass is 9.97. The number of halogens is 1. The third-order valence-corrected chi connectivity index (χ3v) is 6.06. The predicted molar refractivity (Wildman–Crippen MR) is 117 cm³/mol. The van der Waals surface area contributed by atoms with Gasteiger partial charge in [0, 0.05) is 31.6 Å². The molecule has 7 heteroatoms. The van der Waals surface area contributed by atoms with Crippen molar-refractivity contribution >= 4 is 41.3 Å². The number of aliphatic imine (C=N–C) groups is 1. The summed E-state index contributed by atoms with van der Waals surface area (Å²) in [5.74, 6) is 1.74. The van der Waals surface area contributed by atoms with E-state index in [0.29, 0.717) is 6.04 Å². The highest BCUT2D eigenvalue weighted by Gasteiger charge is 2.21. The van der Waals surface area contributed by atoms with Gasteiger partial charge in [-0.1, -0.05) is 12.8 Å². The zero-order valence-corrected chi connectivity index (χ0v) is 18.6. The third-order valence-electron chi connectivity index (χ3n) is 5.24. The fourth-order valence-electron chi connectivity index (χ4n) is 3.76. The van der Waals surface area contributed by atoms with Gasteiger partial charge in [-0.2, -0.15) is 0 Å². The lowest BCUT2D eigenvalue weighted by molar-refractivity contribution is 0.176. The molecule has 0 radical (unpaired) electrons. The SMILES string of the molecule is CN=C(NCC1CCN(Cc2csc(C)n2)CC1)NC1CCCC1.I. The molecule has 2 N–H and O–H groups in total. The Balaban J connectivity index is 0.00000225. The molecule has 2 heterocycles. The largest absolute Gasteiger partial charge is 0.356 e. The maximum Gasteiger partial charge on any atom is 0.191 e. The van der Waals surface area contributed by atoms with Crippen molar-refractivity contribution in [2.24, 2.45) is 10.9 Å². The van der Waals surface area contributed by atoms with Gasteiger partial charge in [-0.3, -0.25) is 9.89 Å². The molecule has 0 unspecified atom stereocenters. The van der Waals surface area contributed by atoms with E-state index in [1.807, 2.05) is 7.05 Å². The third kappa shape index (κ3) is 6.67. The molecule has 0 bridgehead atoms. The number of thiazole rings is 1. The van der Waals surface area contributed by atoms with Crippen LogP contribution in [0.5, 0.6) is 0 Å². The Kier molecular flexibility index (Phi) is 8.92. The second kappa shape index (κ2) is 10.7. The van der Waals surface area contributed by atoms with Crippen molar-refractivity contribution in [3.05, 3.63) is 16.1 Å². The zero-order valence-electron chi connectivity index (χ0n) is 15.5. The highest BCUT2D eigenvalue weighted by atomic mass is 127. The highest BCUT2D eigenvalue weighted by molar-refractivity contribution is 14.0. The van der Waals surface area contributed by atoms with Gasteiger partial charge in [-0.25, -0.2) is 4.98 Å². The van der Waals surface area contributed by atoms with Crippen LogP contribution in [0.1, 0.15) is 49.2 Å². The van der Waals surface area contributed by atoms with Gasteiger partial charge >= 0.3 is 0 Å². The molecule has 2 fully saturated rings. The van der Waals surface area contributed by atoms with Crippen molar-refractivity contribution in [2.45, 2.75) is 58.0 Å². The molecule has 0 atom stereocenters. The Bertz CT molecular complexity index is 533. The number of hydrogen-bond acceptors (Lipinski definition) is 4. The molecule has 1 saturated heterocycles. The molecular weight excluding hydrogens is 445 g/mol. The molecule has 0 amide bonds. The van der Waals surface area contributed by atoms with E-state index in [1.165, 1.54) is 62.3 Å². The van der Waals surface area contributed by atoms with Crippen molar-refractivity contribution in [2.75, 3.05) is 26.7 Å². The van der Waals surface area contributed by atoms with Crippen molar-refractivity contribution < 1.29 is 0 Å². The van der Waals surface area contributed by atoms with Crippen molar-refractivity contribution in [3.8, 4) is 0 Å². The minimum absolute atomic E-state index is 0. The summed E-state index contributed by atoms with van der Waals surface area (Å²) in [6, 6.07) is 0.625. The van der Waals surface area contributed by atoms with Gasteiger partial charge in [0.05, 0.1) is 10.7 Å². The topological polar surface area (TPSA) is 52.6 Å². The predicted octanol–water partition coefficient (Wildman–Crippen LogP) is 3.39. The van der Waals surface area contributed by atoms with E-state index in [4.69, 9.17) is 0 Å². The Labute approximate surface area is 173 Å². The van der Waals surface area contributed by atoms with Crippen LogP contribution in [-0.2, 0) is 6.54 Å². The molecule has 142 valence electrons. The molecule has 1 aromatic heterocycles. The summed E-state index contributed by atoms with van der Waals surface area (Å²) in [4.78, 5) is 11.5. The van der Waals surface area contributed by atoms with Gasteiger partial charge in [-0.05, 0) is 51.6 Å². The highest BCUT2D eigenvalue weighted by Crippen LogP contribution is 2.20. The standard InChI is InChI=1S/C18H31N5S.HI/c1-14-21-17(13-24-14)12-23-9-7-15(8-10-23)11-20-18(19-2)22-16-5-3-4-6-16;/h13,15-16H,3-12H2,1-2H3,(H2,19,20,22);1H. The average molecular weight is 477 g/mol. The van der Waals surface area contributed by atoms with Crippen LogP contribution in [0.15, 0.2) is 10.4 Å². The van der Waals surface area contributed by atoms with Gasteiger partial charge in [0.1, 0.15) is 0 Å². The minimum Gasteiger partial charge on any atom is -0.356 e. The van der Waals surface area contributed by atoms with Crippen LogP contribution in [0, 0.1) is 12.8 Å². The molecule has 1 saturated carbocycles. The van der Waals surface area contributed by atoms with Crippen LogP contribution in [-0.4, -0.2) is 48.6 Å². The zero-order chi connectivity index (χ0) is 16.8. The Hall–Kier alpha value is -0.410. The van der Waals surface area contributed by atoms with E-state index in [9.17, 15) is 0 Å². The Morgan fingerprint density at radius 3 is 2.60 bits per heavy atom. The van der Waals surface area contributed by atoms with E-state index in [1.54, 1.807) is 11.3 Å². The summed E-state index contributed by atoms with van der Waals surface area (Å²) in [6.07, 6.45) is 7.80. The molecule has 1 aromatic rings. The molecule has 5 nitrogen and oxygen atoms in total. The Morgan fingerprint density at radius 1 is 1.28 bits per heavy atom. The van der Waals surface area contributed by atoms with Crippen LogP contribution >= 0.6 is 35.3 Å². The first-order valence-corrected chi connectivity index (χ1v) is 10.2. The fraction of sp³-hybridized carbons (Fsp3) is 0.778. The van der Waals surface area contributed by atoms with Crippen molar-refractivity contribution in [1.82, 2.24) is 20.5 Å². The summed E-state index contributed by atoms with van der Waals surface area (Å²) in [5, 5.41) is 10.5. The van der Waals surface area contributed by atoms with E-state index in [-0.39, 0.29) is 24.0 Å². The number of guanidine groups is 1.